The van der Waals surface area contributed by atoms with Crippen molar-refractivity contribution in [2.45, 2.75) is 37.6 Å². The molecule has 1 heterocycles. The number of rotatable bonds is 4. The van der Waals surface area contributed by atoms with Crippen molar-refractivity contribution in [3.8, 4) is 0 Å². The van der Waals surface area contributed by atoms with Crippen LogP contribution in [0.3, 0.4) is 0 Å². The van der Waals surface area contributed by atoms with Crippen LogP contribution in [-0.2, 0) is 11.2 Å². The fourth-order valence-electron chi connectivity index (χ4n) is 3.58. The maximum Gasteiger partial charge on any atom is 0.157 e. The first kappa shape index (κ1) is 14.2. The van der Waals surface area contributed by atoms with Crippen LogP contribution < -0.4 is 0 Å². The van der Waals surface area contributed by atoms with Crippen LogP contribution in [0.25, 0.3) is 10.9 Å². The molecule has 0 radical (unpaired) electrons. The summed E-state index contributed by atoms with van der Waals surface area (Å²) in [5, 5.41) is 1.10. The van der Waals surface area contributed by atoms with Gasteiger partial charge in [0.15, 0.2) is 5.78 Å². The van der Waals surface area contributed by atoms with Crippen LogP contribution in [0.2, 0.25) is 0 Å². The molecule has 1 aromatic heterocycles. The van der Waals surface area contributed by atoms with Crippen molar-refractivity contribution in [2.24, 2.45) is 0 Å². The molecule has 0 unspecified atom stereocenters. The van der Waals surface area contributed by atoms with E-state index in [1.165, 1.54) is 0 Å². The molecule has 1 aliphatic rings. The molecule has 2 aromatic rings. The first-order chi connectivity index (χ1) is 10.1. The van der Waals surface area contributed by atoms with Gasteiger partial charge in [-0.25, -0.2) is 0 Å². The molecule has 0 aliphatic heterocycles. The molecular weight excluding hydrogens is 260 g/mol. The van der Waals surface area contributed by atoms with Crippen LogP contribution in [0.5, 0.6) is 0 Å². The molecule has 3 heteroatoms. The van der Waals surface area contributed by atoms with Crippen LogP contribution >= 0.6 is 0 Å². The topological polar surface area (TPSA) is 33.2 Å². The Morgan fingerprint density at radius 2 is 1.90 bits per heavy atom. The number of nitrogens with zero attached hydrogens (tertiary/aromatic N) is 2. The van der Waals surface area contributed by atoms with Gasteiger partial charge >= 0.3 is 0 Å². The van der Waals surface area contributed by atoms with Gasteiger partial charge < -0.3 is 0 Å². The van der Waals surface area contributed by atoms with Crippen molar-refractivity contribution in [1.29, 1.82) is 0 Å². The number of para-hydroxylation sites is 1. The normalized spacial score (nSPS) is 17.5. The Kier molecular flexibility index (Phi) is 3.77. The molecule has 21 heavy (non-hydrogen) atoms. The van der Waals surface area contributed by atoms with Gasteiger partial charge in [0.1, 0.15) is 0 Å². The molecule has 1 aliphatic carbocycles. The van der Waals surface area contributed by atoms with Crippen molar-refractivity contribution in [1.82, 2.24) is 9.88 Å². The molecule has 0 spiro atoms. The number of likely N-dealkylation sites (N-methyl/N-ethyl adjacent to an activating group) is 1. The fraction of sp³-hybridized carbons (Fsp3) is 0.444. The minimum absolute atomic E-state index is 0.260. The number of ketones is 1. The van der Waals surface area contributed by atoms with E-state index in [9.17, 15) is 4.79 Å². The van der Waals surface area contributed by atoms with Crippen LogP contribution in [0, 0.1) is 0 Å². The molecule has 0 amide bonds. The third-order valence-electron chi connectivity index (χ3n) is 4.90. The van der Waals surface area contributed by atoms with E-state index in [4.69, 9.17) is 0 Å². The second kappa shape index (κ2) is 5.57. The number of fused-ring (bicyclic) bond motifs is 1. The molecule has 3 nitrogen and oxygen atoms in total. The van der Waals surface area contributed by atoms with E-state index in [0.717, 1.165) is 42.1 Å². The van der Waals surface area contributed by atoms with Gasteiger partial charge in [0.05, 0.1) is 11.1 Å². The lowest BCUT2D eigenvalue weighted by Crippen LogP contribution is -2.49. The number of hydrogen-bond acceptors (Lipinski definition) is 3. The molecule has 110 valence electrons. The minimum Gasteiger partial charge on any atom is -0.297 e. The largest absolute Gasteiger partial charge is 0.297 e. The molecule has 1 fully saturated rings. The zero-order chi connectivity index (χ0) is 14.9. The van der Waals surface area contributed by atoms with Crippen LogP contribution in [0.15, 0.2) is 36.5 Å². The molecule has 0 N–H and O–H groups in total. The maximum atomic E-state index is 13.0. The fourth-order valence-corrected chi connectivity index (χ4v) is 3.58. The first-order valence-corrected chi connectivity index (χ1v) is 7.67. The standard InChI is InChI=1S/C18H22N2O/c1-20(2)18(10-5-6-11-18)17(21)13-14-9-12-19-16-8-4-3-7-15(14)16/h3-4,7-9,12H,5-6,10-11,13H2,1-2H3. The van der Waals surface area contributed by atoms with Gasteiger partial charge in [-0.15, -0.1) is 0 Å². The predicted molar refractivity (Wildman–Crippen MR) is 85.3 cm³/mol. The SMILES string of the molecule is CN(C)C1(C(=O)Cc2ccnc3ccccc23)CCCC1. The lowest BCUT2D eigenvalue weighted by atomic mass is 9.86. The third kappa shape index (κ3) is 2.46. The lowest BCUT2D eigenvalue weighted by molar-refractivity contribution is -0.128. The van der Waals surface area contributed by atoms with E-state index in [1.54, 1.807) is 0 Å². The van der Waals surface area contributed by atoms with Crippen molar-refractivity contribution in [3.63, 3.8) is 0 Å². The maximum absolute atomic E-state index is 13.0. The van der Waals surface area contributed by atoms with Crippen LogP contribution in [-0.4, -0.2) is 35.3 Å². The van der Waals surface area contributed by atoms with Crippen molar-refractivity contribution >= 4 is 16.7 Å². The molecule has 0 atom stereocenters. The highest BCUT2D eigenvalue weighted by Gasteiger charge is 2.42. The summed E-state index contributed by atoms with van der Waals surface area (Å²) >= 11 is 0. The second-order valence-corrected chi connectivity index (χ2v) is 6.22. The zero-order valence-corrected chi connectivity index (χ0v) is 12.8. The highest BCUT2D eigenvalue weighted by atomic mass is 16.1. The Hall–Kier alpha value is -1.74. The highest BCUT2D eigenvalue weighted by Crippen LogP contribution is 2.35. The lowest BCUT2D eigenvalue weighted by Gasteiger charge is -2.35. The van der Waals surface area contributed by atoms with E-state index in [2.05, 4.69) is 16.0 Å². The summed E-state index contributed by atoms with van der Waals surface area (Å²) in [6.45, 7) is 0. The Labute approximate surface area is 126 Å². The molecule has 1 saturated carbocycles. The zero-order valence-electron chi connectivity index (χ0n) is 12.8. The van der Waals surface area contributed by atoms with Gasteiger partial charge in [0, 0.05) is 18.0 Å². The number of pyridine rings is 1. The average Bonchev–Trinajstić information content (AvgIpc) is 2.98. The van der Waals surface area contributed by atoms with E-state index in [0.29, 0.717) is 12.2 Å². The molecule has 0 saturated heterocycles. The Morgan fingerprint density at radius 1 is 1.19 bits per heavy atom. The highest BCUT2D eigenvalue weighted by molar-refractivity contribution is 5.94. The first-order valence-electron chi connectivity index (χ1n) is 7.67. The van der Waals surface area contributed by atoms with Crippen molar-refractivity contribution in [3.05, 3.63) is 42.1 Å². The average molecular weight is 282 g/mol. The van der Waals surface area contributed by atoms with Crippen LogP contribution in [0.4, 0.5) is 0 Å². The summed E-state index contributed by atoms with van der Waals surface area (Å²) in [6, 6.07) is 10.0. The predicted octanol–water partition coefficient (Wildman–Crippen LogP) is 3.22. The monoisotopic (exact) mass is 282 g/mol. The third-order valence-corrected chi connectivity index (χ3v) is 4.90. The van der Waals surface area contributed by atoms with E-state index < -0.39 is 0 Å². The molecule has 0 bridgehead atoms. The number of hydrogen-bond donors (Lipinski definition) is 0. The summed E-state index contributed by atoms with van der Waals surface area (Å²) in [5.41, 5.74) is 1.80. The van der Waals surface area contributed by atoms with Gasteiger partial charge in [0.2, 0.25) is 0 Å². The molecule has 1 aromatic carbocycles. The van der Waals surface area contributed by atoms with Gasteiger partial charge in [-0.05, 0) is 44.6 Å². The summed E-state index contributed by atoms with van der Waals surface area (Å²) in [6.07, 6.45) is 6.59. The molecule has 3 rings (SSSR count). The van der Waals surface area contributed by atoms with Gasteiger partial charge in [-0.2, -0.15) is 0 Å². The smallest absolute Gasteiger partial charge is 0.157 e. The Balaban J connectivity index is 1.93. The molecular formula is C18H22N2O. The number of carbonyl (C=O) groups is 1. The second-order valence-electron chi connectivity index (χ2n) is 6.22. The number of Topliss-reactive ketones (excluding diaryl/α,β-unsaturated/α-hetero) is 1. The van der Waals surface area contributed by atoms with Crippen LogP contribution in [0.1, 0.15) is 31.2 Å². The number of aromatic nitrogens is 1. The van der Waals surface area contributed by atoms with E-state index in [1.807, 2.05) is 44.6 Å². The summed E-state index contributed by atoms with van der Waals surface area (Å²) in [7, 11) is 4.07. The number of benzene rings is 1. The summed E-state index contributed by atoms with van der Waals surface area (Å²) in [5.74, 6) is 0.348. The van der Waals surface area contributed by atoms with Gasteiger partial charge in [0.25, 0.3) is 0 Å². The van der Waals surface area contributed by atoms with Gasteiger partial charge in [-0.1, -0.05) is 31.0 Å². The minimum atomic E-state index is -0.260. The summed E-state index contributed by atoms with van der Waals surface area (Å²) < 4.78 is 0. The summed E-state index contributed by atoms with van der Waals surface area (Å²) in [4.78, 5) is 19.5. The van der Waals surface area contributed by atoms with E-state index >= 15 is 0 Å². The van der Waals surface area contributed by atoms with Gasteiger partial charge in [-0.3, -0.25) is 14.7 Å². The number of carbonyl (C=O) groups excluding carboxylic acids is 1. The Bertz CT molecular complexity index is 652. The van der Waals surface area contributed by atoms with Crippen molar-refractivity contribution in [2.75, 3.05) is 14.1 Å². The Morgan fingerprint density at radius 3 is 2.62 bits per heavy atom. The van der Waals surface area contributed by atoms with Crippen molar-refractivity contribution < 1.29 is 4.79 Å². The quantitative estimate of drug-likeness (QED) is 0.863. The van der Waals surface area contributed by atoms with E-state index in [-0.39, 0.29) is 5.54 Å².